The van der Waals surface area contributed by atoms with E-state index in [1.54, 1.807) is 0 Å². The second-order valence-corrected chi connectivity index (χ2v) is 9.97. The molecule has 2 atom stereocenters. The van der Waals surface area contributed by atoms with Gasteiger partial charge in [-0.15, -0.1) is 11.3 Å². The molecule has 6 nitrogen and oxygen atoms in total. The van der Waals surface area contributed by atoms with Crippen molar-refractivity contribution in [1.29, 1.82) is 0 Å². The van der Waals surface area contributed by atoms with Crippen molar-refractivity contribution < 1.29 is 4.74 Å². The van der Waals surface area contributed by atoms with Crippen molar-refractivity contribution in [1.82, 2.24) is 20.4 Å². The van der Waals surface area contributed by atoms with Crippen LogP contribution >= 0.6 is 11.3 Å². The number of aliphatic imine (C=N–C) groups is 1. The lowest BCUT2D eigenvalue weighted by molar-refractivity contribution is 0.0177. The number of piperidine rings is 1. The minimum absolute atomic E-state index is 0.115. The number of thiophene rings is 1. The van der Waals surface area contributed by atoms with Crippen LogP contribution in [0.4, 0.5) is 0 Å². The highest BCUT2D eigenvalue weighted by molar-refractivity contribution is 7.10. The first kappa shape index (κ1) is 22.5. The van der Waals surface area contributed by atoms with Crippen LogP contribution in [-0.2, 0) is 4.74 Å². The summed E-state index contributed by atoms with van der Waals surface area (Å²) in [4.78, 5) is 11.0. The summed E-state index contributed by atoms with van der Waals surface area (Å²) >= 11 is 1.83. The number of morpholine rings is 1. The molecule has 2 N–H and O–H groups in total. The van der Waals surface area contributed by atoms with Gasteiger partial charge in [-0.1, -0.05) is 13.0 Å². The van der Waals surface area contributed by atoms with Crippen LogP contribution in [-0.4, -0.2) is 80.8 Å². The van der Waals surface area contributed by atoms with Crippen LogP contribution in [0.5, 0.6) is 0 Å². The third kappa shape index (κ3) is 6.41. The summed E-state index contributed by atoms with van der Waals surface area (Å²) in [5, 5.41) is 9.33. The van der Waals surface area contributed by atoms with Crippen LogP contribution < -0.4 is 10.6 Å². The number of hydrogen-bond acceptors (Lipinski definition) is 5. The Morgan fingerprint density at radius 2 is 2.10 bits per heavy atom. The first-order valence-electron chi connectivity index (χ1n) is 11.0. The first-order valence-corrected chi connectivity index (χ1v) is 11.9. The van der Waals surface area contributed by atoms with Crippen molar-refractivity contribution in [2.45, 2.75) is 45.2 Å². The molecule has 2 unspecified atom stereocenters. The molecule has 0 bridgehead atoms. The Morgan fingerprint density at radius 1 is 1.31 bits per heavy atom. The zero-order chi connectivity index (χ0) is 20.7. The van der Waals surface area contributed by atoms with Crippen LogP contribution in [0.1, 0.15) is 44.5 Å². The number of nitrogens with one attached hydrogen (secondary N) is 2. The molecule has 3 heterocycles. The van der Waals surface area contributed by atoms with Crippen LogP contribution in [0.2, 0.25) is 0 Å². The van der Waals surface area contributed by atoms with Crippen molar-refractivity contribution in [2.75, 3.05) is 59.5 Å². The normalized spacial score (nSPS) is 23.7. The third-order valence-electron chi connectivity index (χ3n) is 6.25. The molecule has 7 heteroatoms. The quantitative estimate of drug-likeness (QED) is 0.524. The molecule has 29 heavy (non-hydrogen) atoms. The van der Waals surface area contributed by atoms with Gasteiger partial charge in [-0.25, -0.2) is 0 Å². The maximum Gasteiger partial charge on any atom is 0.191 e. The second-order valence-electron chi connectivity index (χ2n) is 8.99. The molecular weight excluding hydrogens is 382 g/mol. The molecule has 0 spiro atoms. The molecule has 3 rings (SSSR count). The van der Waals surface area contributed by atoms with Gasteiger partial charge in [0.25, 0.3) is 0 Å². The highest BCUT2D eigenvalue weighted by Crippen LogP contribution is 2.26. The van der Waals surface area contributed by atoms with Crippen LogP contribution in [0.25, 0.3) is 0 Å². The van der Waals surface area contributed by atoms with E-state index in [-0.39, 0.29) is 5.54 Å². The van der Waals surface area contributed by atoms with Gasteiger partial charge in [0.2, 0.25) is 0 Å². The lowest BCUT2D eigenvalue weighted by atomic mass is 9.93. The average molecular weight is 422 g/mol. The van der Waals surface area contributed by atoms with E-state index < -0.39 is 0 Å². The van der Waals surface area contributed by atoms with Gasteiger partial charge in [0.15, 0.2) is 5.96 Å². The summed E-state index contributed by atoms with van der Waals surface area (Å²) in [5.74, 6) is 1.68. The predicted molar refractivity (Wildman–Crippen MR) is 123 cm³/mol. The van der Waals surface area contributed by atoms with E-state index in [1.807, 2.05) is 18.4 Å². The topological polar surface area (TPSA) is 52.1 Å². The van der Waals surface area contributed by atoms with Crippen LogP contribution in [0, 0.1) is 5.92 Å². The molecule has 2 aliphatic heterocycles. The van der Waals surface area contributed by atoms with E-state index >= 15 is 0 Å². The summed E-state index contributed by atoms with van der Waals surface area (Å²) < 4.78 is 5.56. The van der Waals surface area contributed by atoms with Crippen molar-refractivity contribution in [3.8, 4) is 0 Å². The minimum atomic E-state index is 0.115. The van der Waals surface area contributed by atoms with Crippen molar-refractivity contribution in [3.05, 3.63) is 22.4 Å². The molecular formula is C22H39N5OS. The lowest BCUT2D eigenvalue weighted by Gasteiger charge is -2.43. The van der Waals surface area contributed by atoms with Gasteiger partial charge in [-0.3, -0.25) is 14.8 Å². The second kappa shape index (κ2) is 10.8. The van der Waals surface area contributed by atoms with E-state index in [2.05, 4.69) is 63.7 Å². The zero-order valence-electron chi connectivity index (χ0n) is 18.6. The number of guanidine groups is 1. The molecule has 2 fully saturated rings. The smallest absolute Gasteiger partial charge is 0.191 e. The number of hydrogen-bond donors (Lipinski definition) is 2. The lowest BCUT2D eigenvalue weighted by Crippen LogP contribution is -2.56. The van der Waals surface area contributed by atoms with Gasteiger partial charge >= 0.3 is 0 Å². The minimum Gasteiger partial charge on any atom is -0.379 e. The first-order chi connectivity index (χ1) is 14.0. The van der Waals surface area contributed by atoms with Gasteiger partial charge in [0.1, 0.15) is 0 Å². The van der Waals surface area contributed by atoms with Gasteiger partial charge in [0, 0.05) is 50.2 Å². The standard InChI is InChI=1S/C22H39N5OS/c1-18-7-5-9-27(16-18)22(2,3)17-25-21(23-4)24-15-19(20-8-6-14-29-20)26-10-12-28-13-11-26/h6,8,14,18-19H,5,7,9-13,15-17H2,1-4H3,(H2,23,24,25). The Kier molecular flexibility index (Phi) is 8.35. The SMILES string of the molecule is CN=C(NCC(c1cccs1)N1CCOCC1)NCC(C)(C)N1CCCC(C)C1. The number of nitrogens with zero attached hydrogens (tertiary/aromatic N) is 3. The van der Waals surface area contributed by atoms with Crippen molar-refractivity contribution in [2.24, 2.45) is 10.9 Å². The van der Waals surface area contributed by atoms with E-state index in [1.165, 1.54) is 30.8 Å². The van der Waals surface area contributed by atoms with Gasteiger partial charge in [0.05, 0.1) is 19.3 Å². The van der Waals surface area contributed by atoms with Crippen molar-refractivity contribution >= 4 is 17.3 Å². The van der Waals surface area contributed by atoms with E-state index in [9.17, 15) is 0 Å². The average Bonchev–Trinajstić information content (AvgIpc) is 3.26. The maximum absolute atomic E-state index is 5.56. The van der Waals surface area contributed by atoms with Crippen LogP contribution in [0.3, 0.4) is 0 Å². The zero-order valence-corrected chi connectivity index (χ0v) is 19.4. The van der Waals surface area contributed by atoms with Gasteiger partial charge < -0.3 is 15.4 Å². The monoisotopic (exact) mass is 421 g/mol. The molecule has 2 saturated heterocycles. The van der Waals surface area contributed by atoms with Gasteiger partial charge in [-0.05, 0) is 50.6 Å². The third-order valence-corrected chi connectivity index (χ3v) is 7.22. The molecule has 1 aromatic rings. The molecule has 0 radical (unpaired) electrons. The fourth-order valence-electron chi connectivity index (χ4n) is 4.34. The molecule has 1 aromatic heterocycles. The summed E-state index contributed by atoms with van der Waals surface area (Å²) in [5.41, 5.74) is 0.115. The van der Waals surface area contributed by atoms with E-state index in [0.29, 0.717) is 6.04 Å². The highest BCUT2D eigenvalue weighted by Gasteiger charge is 2.30. The van der Waals surface area contributed by atoms with Crippen molar-refractivity contribution in [3.63, 3.8) is 0 Å². The molecule has 0 aromatic carbocycles. The predicted octanol–water partition coefficient (Wildman–Crippen LogP) is 2.80. The number of likely N-dealkylation sites (tertiary alicyclic amines) is 1. The molecule has 0 saturated carbocycles. The fourth-order valence-corrected chi connectivity index (χ4v) is 5.21. The van der Waals surface area contributed by atoms with E-state index in [0.717, 1.165) is 51.3 Å². The van der Waals surface area contributed by atoms with Crippen LogP contribution in [0.15, 0.2) is 22.5 Å². The largest absolute Gasteiger partial charge is 0.379 e. The summed E-state index contributed by atoms with van der Waals surface area (Å²) in [6, 6.07) is 4.74. The Balaban J connectivity index is 1.54. The van der Waals surface area contributed by atoms with Gasteiger partial charge in [-0.2, -0.15) is 0 Å². The highest BCUT2D eigenvalue weighted by atomic mass is 32.1. The number of ether oxygens (including phenoxy) is 1. The van der Waals surface area contributed by atoms with E-state index in [4.69, 9.17) is 4.74 Å². The Bertz CT molecular complexity index is 627. The number of rotatable bonds is 7. The molecule has 0 aliphatic carbocycles. The summed E-state index contributed by atoms with van der Waals surface area (Å²) in [6.07, 6.45) is 2.66. The maximum atomic E-state index is 5.56. The summed E-state index contributed by atoms with van der Waals surface area (Å²) in [6.45, 7) is 14.8. The molecule has 164 valence electrons. The molecule has 2 aliphatic rings. The summed E-state index contributed by atoms with van der Waals surface area (Å²) in [7, 11) is 1.86. The fraction of sp³-hybridized carbons (Fsp3) is 0.773. The Labute approximate surface area is 180 Å². The Morgan fingerprint density at radius 3 is 2.76 bits per heavy atom. The molecule has 0 amide bonds. The Hall–Kier alpha value is -1.15.